The van der Waals surface area contributed by atoms with Gasteiger partial charge in [-0.1, -0.05) is 31.5 Å². The predicted molar refractivity (Wildman–Crippen MR) is 117 cm³/mol. The number of thiophene rings is 1. The molecule has 7 heteroatoms. The Morgan fingerprint density at radius 3 is 2.65 bits per heavy atom. The third kappa shape index (κ3) is 4.27. The molecule has 1 N–H and O–H groups in total. The molecular formula is C24H23NO5S. The first kappa shape index (κ1) is 20.9. The van der Waals surface area contributed by atoms with Crippen molar-refractivity contribution in [1.29, 1.82) is 0 Å². The second kappa shape index (κ2) is 9.22. The number of carbonyl (C=O) groups is 2. The topological polar surface area (TPSA) is 80.0 Å². The summed E-state index contributed by atoms with van der Waals surface area (Å²) in [6.07, 6.45) is 3.53. The number of aliphatic hydroxyl groups is 1. The highest BCUT2D eigenvalue weighted by atomic mass is 32.1. The van der Waals surface area contributed by atoms with E-state index < -0.39 is 17.7 Å². The van der Waals surface area contributed by atoms with Crippen molar-refractivity contribution in [1.82, 2.24) is 4.90 Å². The highest BCUT2D eigenvalue weighted by Crippen LogP contribution is 2.40. The number of hydrogen-bond donors (Lipinski definition) is 1. The highest BCUT2D eigenvalue weighted by Gasteiger charge is 2.44. The fourth-order valence-corrected chi connectivity index (χ4v) is 4.26. The number of amides is 1. The summed E-state index contributed by atoms with van der Waals surface area (Å²) in [6.45, 7) is 2.86. The molecule has 1 aliphatic heterocycles. The van der Waals surface area contributed by atoms with Crippen LogP contribution in [0.3, 0.4) is 0 Å². The summed E-state index contributed by atoms with van der Waals surface area (Å²) < 4.78 is 11.1. The van der Waals surface area contributed by atoms with Gasteiger partial charge in [0.1, 0.15) is 11.5 Å². The van der Waals surface area contributed by atoms with Gasteiger partial charge in [-0.15, -0.1) is 11.3 Å². The van der Waals surface area contributed by atoms with Gasteiger partial charge in [0, 0.05) is 0 Å². The Kier molecular flexibility index (Phi) is 6.23. The Morgan fingerprint density at radius 2 is 2.00 bits per heavy atom. The number of furan rings is 1. The highest BCUT2D eigenvalue weighted by molar-refractivity contribution is 7.12. The molecule has 2 aromatic heterocycles. The van der Waals surface area contributed by atoms with E-state index in [2.05, 4.69) is 6.92 Å². The van der Waals surface area contributed by atoms with Crippen LogP contribution in [0.15, 0.2) is 75.9 Å². The number of carbonyl (C=O) groups excluding carboxylic acids is 2. The van der Waals surface area contributed by atoms with Crippen molar-refractivity contribution in [2.24, 2.45) is 0 Å². The van der Waals surface area contributed by atoms with Gasteiger partial charge in [-0.3, -0.25) is 9.59 Å². The first-order chi connectivity index (χ1) is 15.1. The normalized spacial score (nSPS) is 16.2. The molecule has 0 bridgehead atoms. The average Bonchev–Trinajstić information content (AvgIpc) is 3.53. The van der Waals surface area contributed by atoms with Crippen molar-refractivity contribution in [3.05, 3.63) is 87.7 Å². The van der Waals surface area contributed by atoms with E-state index in [9.17, 15) is 14.7 Å². The number of ketones is 1. The van der Waals surface area contributed by atoms with Crippen molar-refractivity contribution >= 4 is 23.0 Å². The standard InChI is InChI=1S/C24H23NO5S/c1-2-3-12-29-17-10-8-16(9-11-17)21-20(22(26)19-7-5-14-31-19)23(27)24(28)25(21)15-18-6-4-13-30-18/h4-11,13-14,21,27H,2-3,12,15H2,1H3/t21-/m1/s1. The number of Topliss-reactive ketones (excluding diaryl/α,β-unsaturated/α-hetero) is 1. The van der Waals surface area contributed by atoms with Gasteiger partial charge in [0.15, 0.2) is 5.76 Å². The summed E-state index contributed by atoms with van der Waals surface area (Å²) in [5.74, 6) is -0.173. The summed E-state index contributed by atoms with van der Waals surface area (Å²) in [5, 5.41) is 12.5. The molecule has 3 heterocycles. The molecule has 0 saturated carbocycles. The summed E-state index contributed by atoms with van der Waals surface area (Å²) in [5.41, 5.74) is 0.797. The summed E-state index contributed by atoms with van der Waals surface area (Å²) in [7, 11) is 0. The minimum Gasteiger partial charge on any atom is -0.503 e. The van der Waals surface area contributed by atoms with Crippen molar-refractivity contribution in [3.63, 3.8) is 0 Å². The van der Waals surface area contributed by atoms with E-state index in [-0.39, 0.29) is 17.9 Å². The minimum atomic E-state index is -0.725. The second-order valence-electron chi connectivity index (χ2n) is 7.25. The Labute approximate surface area is 184 Å². The van der Waals surface area contributed by atoms with E-state index in [0.717, 1.165) is 18.6 Å². The molecule has 3 aromatic rings. The van der Waals surface area contributed by atoms with Crippen LogP contribution >= 0.6 is 11.3 Å². The van der Waals surface area contributed by atoms with E-state index in [0.29, 0.717) is 22.8 Å². The molecule has 31 heavy (non-hydrogen) atoms. The summed E-state index contributed by atoms with van der Waals surface area (Å²) >= 11 is 1.28. The molecule has 6 nitrogen and oxygen atoms in total. The lowest BCUT2D eigenvalue weighted by atomic mass is 9.95. The molecular weight excluding hydrogens is 414 g/mol. The largest absolute Gasteiger partial charge is 0.503 e. The fraction of sp³-hybridized carbons (Fsp3) is 0.250. The molecule has 1 amide bonds. The third-order valence-corrected chi connectivity index (χ3v) is 6.03. The maximum Gasteiger partial charge on any atom is 0.290 e. The van der Waals surface area contributed by atoms with Crippen molar-refractivity contribution < 1.29 is 23.8 Å². The molecule has 160 valence electrons. The van der Waals surface area contributed by atoms with E-state index in [1.165, 1.54) is 22.5 Å². The van der Waals surface area contributed by atoms with Crippen LogP contribution in [0.1, 0.15) is 46.8 Å². The van der Waals surface area contributed by atoms with Crippen LogP contribution in [0.2, 0.25) is 0 Å². The van der Waals surface area contributed by atoms with Crippen LogP contribution < -0.4 is 4.74 Å². The van der Waals surface area contributed by atoms with Gasteiger partial charge >= 0.3 is 0 Å². The quantitative estimate of drug-likeness (QED) is 0.363. The zero-order chi connectivity index (χ0) is 21.8. The number of unbranched alkanes of at least 4 members (excludes halogenated alkanes) is 1. The molecule has 0 fully saturated rings. The second-order valence-corrected chi connectivity index (χ2v) is 8.20. The molecule has 4 rings (SSSR count). The molecule has 0 saturated heterocycles. The maximum atomic E-state index is 13.2. The molecule has 1 aliphatic rings. The fourth-order valence-electron chi connectivity index (χ4n) is 3.59. The van der Waals surface area contributed by atoms with E-state index >= 15 is 0 Å². The van der Waals surface area contributed by atoms with Crippen LogP contribution in [0.4, 0.5) is 0 Å². The van der Waals surface area contributed by atoms with Crippen molar-refractivity contribution in [2.45, 2.75) is 32.4 Å². The van der Waals surface area contributed by atoms with Gasteiger partial charge < -0.3 is 19.2 Å². The van der Waals surface area contributed by atoms with Gasteiger partial charge in [0.05, 0.1) is 35.9 Å². The van der Waals surface area contributed by atoms with Crippen molar-refractivity contribution in [3.8, 4) is 5.75 Å². The van der Waals surface area contributed by atoms with Gasteiger partial charge in [-0.25, -0.2) is 0 Å². The van der Waals surface area contributed by atoms with Crippen molar-refractivity contribution in [2.75, 3.05) is 6.61 Å². The van der Waals surface area contributed by atoms with E-state index in [1.807, 2.05) is 24.3 Å². The SMILES string of the molecule is CCCCOc1ccc([C@@H]2C(C(=O)c3cccs3)=C(O)C(=O)N2Cc2ccco2)cc1. The van der Waals surface area contributed by atoms with Crippen LogP contribution in [-0.2, 0) is 11.3 Å². The number of rotatable bonds is 9. The van der Waals surface area contributed by atoms with Gasteiger partial charge in [0.2, 0.25) is 5.78 Å². The number of aliphatic hydroxyl groups excluding tert-OH is 1. The Morgan fingerprint density at radius 1 is 1.19 bits per heavy atom. The van der Waals surface area contributed by atoms with Crippen LogP contribution in [-0.4, -0.2) is 28.3 Å². The van der Waals surface area contributed by atoms with Gasteiger partial charge in [0.25, 0.3) is 5.91 Å². The Bertz CT molecular complexity index is 1070. The zero-order valence-corrected chi connectivity index (χ0v) is 17.9. The average molecular weight is 438 g/mol. The predicted octanol–water partition coefficient (Wildman–Crippen LogP) is 5.30. The first-order valence-corrected chi connectivity index (χ1v) is 11.1. The van der Waals surface area contributed by atoms with E-state index in [1.54, 1.807) is 29.6 Å². The molecule has 1 aromatic carbocycles. The van der Waals surface area contributed by atoms with Gasteiger partial charge in [-0.05, 0) is 47.7 Å². The monoisotopic (exact) mass is 437 g/mol. The molecule has 0 aliphatic carbocycles. The van der Waals surface area contributed by atoms with Crippen LogP contribution in [0.5, 0.6) is 5.75 Å². The third-order valence-electron chi connectivity index (χ3n) is 5.16. The lowest BCUT2D eigenvalue weighted by molar-refractivity contribution is -0.130. The first-order valence-electron chi connectivity index (χ1n) is 10.2. The molecule has 0 radical (unpaired) electrons. The number of nitrogens with zero attached hydrogens (tertiary/aromatic N) is 1. The van der Waals surface area contributed by atoms with E-state index in [4.69, 9.17) is 9.15 Å². The lowest BCUT2D eigenvalue weighted by Gasteiger charge is -2.26. The summed E-state index contributed by atoms with van der Waals surface area (Å²) in [6, 6.07) is 13.5. The lowest BCUT2D eigenvalue weighted by Crippen LogP contribution is -2.30. The van der Waals surface area contributed by atoms with Crippen LogP contribution in [0, 0.1) is 0 Å². The number of ether oxygens (including phenoxy) is 1. The molecule has 0 unspecified atom stereocenters. The smallest absolute Gasteiger partial charge is 0.290 e. The Balaban J connectivity index is 1.69. The molecule has 0 spiro atoms. The molecule has 1 atom stereocenters. The number of benzene rings is 1. The maximum absolute atomic E-state index is 13.2. The number of hydrogen-bond acceptors (Lipinski definition) is 6. The zero-order valence-electron chi connectivity index (χ0n) is 17.1. The van der Waals surface area contributed by atoms with Gasteiger partial charge in [-0.2, -0.15) is 0 Å². The summed E-state index contributed by atoms with van der Waals surface area (Å²) in [4.78, 5) is 28.1. The van der Waals surface area contributed by atoms with Crippen LogP contribution in [0.25, 0.3) is 0 Å². The Hall–Kier alpha value is -3.32. The minimum absolute atomic E-state index is 0.0821.